The number of hydrogen-bond acceptors (Lipinski definition) is 3. The van der Waals surface area contributed by atoms with Crippen molar-refractivity contribution in [3.63, 3.8) is 0 Å². The Hall–Kier alpha value is -2.66. The number of carbonyl (C=O) groups excluding carboxylic acids is 1. The fourth-order valence-electron chi connectivity index (χ4n) is 3.51. The summed E-state index contributed by atoms with van der Waals surface area (Å²) in [7, 11) is 0. The minimum Gasteiger partial charge on any atom is -0.349 e. The van der Waals surface area contributed by atoms with Crippen LogP contribution in [0.2, 0.25) is 5.02 Å². The Kier molecular flexibility index (Phi) is 4.47. The number of nitrogens with one attached hydrogen (secondary N) is 2. The van der Waals surface area contributed by atoms with Crippen molar-refractivity contribution in [2.45, 2.75) is 31.7 Å². The molecule has 1 amide bonds. The SMILES string of the molecule is O=C(CCc1nc2ccccc2c(=O)[nH]1)NC1CCc2c(Cl)cccc21. The summed E-state index contributed by atoms with van der Waals surface area (Å²) in [5.74, 6) is 0.470. The van der Waals surface area contributed by atoms with Gasteiger partial charge in [-0.2, -0.15) is 0 Å². The number of fused-ring (bicyclic) bond motifs is 2. The van der Waals surface area contributed by atoms with Crippen LogP contribution < -0.4 is 10.9 Å². The van der Waals surface area contributed by atoms with Gasteiger partial charge in [0.25, 0.3) is 5.56 Å². The molecule has 2 N–H and O–H groups in total. The van der Waals surface area contributed by atoms with Crippen LogP contribution >= 0.6 is 11.6 Å². The first-order valence-corrected chi connectivity index (χ1v) is 9.04. The van der Waals surface area contributed by atoms with Crippen molar-refractivity contribution >= 4 is 28.4 Å². The van der Waals surface area contributed by atoms with Gasteiger partial charge in [0.05, 0.1) is 16.9 Å². The van der Waals surface area contributed by atoms with Crippen LogP contribution in [0.4, 0.5) is 0 Å². The smallest absolute Gasteiger partial charge is 0.258 e. The predicted molar refractivity (Wildman–Crippen MR) is 101 cm³/mol. The van der Waals surface area contributed by atoms with Crippen molar-refractivity contribution in [1.82, 2.24) is 15.3 Å². The molecule has 0 spiro atoms. The van der Waals surface area contributed by atoms with Gasteiger partial charge in [-0.25, -0.2) is 4.98 Å². The molecule has 3 aromatic rings. The molecule has 0 saturated carbocycles. The quantitative estimate of drug-likeness (QED) is 0.742. The zero-order valence-electron chi connectivity index (χ0n) is 14.1. The molecule has 26 heavy (non-hydrogen) atoms. The lowest BCUT2D eigenvalue weighted by Gasteiger charge is -2.14. The Bertz CT molecular complexity index is 1040. The summed E-state index contributed by atoms with van der Waals surface area (Å²) in [6, 6.07) is 13.0. The molecule has 2 aromatic carbocycles. The molecule has 1 aliphatic carbocycles. The van der Waals surface area contributed by atoms with E-state index in [1.165, 1.54) is 0 Å². The van der Waals surface area contributed by atoms with Gasteiger partial charge in [-0.3, -0.25) is 9.59 Å². The fourth-order valence-corrected chi connectivity index (χ4v) is 3.79. The molecule has 1 heterocycles. The third-order valence-corrected chi connectivity index (χ3v) is 5.15. The van der Waals surface area contributed by atoms with E-state index in [0.717, 1.165) is 29.0 Å². The fraction of sp³-hybridized carbons (Fsp3) is 0.250. The highest BCUT2D eigenvalue weighted by atomic mass is 35.5. The lowest BCUT2D eigenvalue weighted by atomic mass is 10.1. The number of nitrogens with zero attached hydrogens (tertiary/aromatic N) is 1. The Balaban J connectivity index is 1.43. The molecule has 1 atom stereocenters. The lowest BCUT2D eigenvalue weighted by molar-refractivity contribution is -0.121. The predicted octanol–water partition coefficient (Wildman–Crippen LogP) is 3.31. The Labute approximate surface area is 155 Å². The van der Waals surface area contributed by atoms with Crippen LogP contribution in [0.3, 0.4) is 0 Å². The van der Waals surface area contributed by atoms with Gasteiger partial charge < -0.3 is 10.3 Å². The van der Waals surface area contributed by atoms with E-state index in [4.69, 9.17) is 11.6 Å². The number of aryl methyl sites for hydroxylation is 1. The molecule has 0 aliphatic heterocycles. The monoisotopic (exact) mass is 367 g/mol. The number of hydrogen-bond donors (Lipinski definition) is 2. The number of benzene rings is 2. The minimum absolute atomic E-state index is 0.000174. The van der Waals surface area contributed by atoms with Gasteiger partial charge in [0.15, 0.2) is 0 Å². The van der Waals surface area contributed by atoms with Crippen molar-refractivity contribution in [3.05, 3.63) is 74.8 Å². The van der Waals surface area contributed by atoms with E-state index < -0.39 is 0 Å². The van der Waals surface area contributed by atoms with Crippen molar-refractivity contribution < 1.29 is 4.79 Å². The molecule has 6 heteroatoms. The highest BCUT2D eigenvalue weighted by Crippen LogP contribution is 2.35. The molecule has 5 nitrogen and oxygen atoms in total. The molecule has 0 bridgehead atoms. The van der Waals surface area contributed by atoms with Gasteiger partial charge in [0.1, 0.15) is 5.82 Å². The summed E-state index contributed by atoms with van der Waals surface area (Å²) in [5.41, 5.74) is 2.69. The molecule has 0 fully saturated rings. The van der Waals surface area contributed by atoms with E-state index in [1.807, 2.05) is 24.3 Å². The number of rotatable bonds is 4. The summed E-state index contributed by atoms with van der Waals surface area (Å²) in [5, 5.41) is 4.38. The van der Waals surface area contributed by atoms with Crippen LogP contribution in [0.15, 0.2) is 47.3 Å². The van der Waals surface area contributed by atoms with E-state index in [-0.39, 0.29) is 23.9 Å². The summed E-state index contributed by atoms with van der Waals surface area (Å²) < 4.78 is 0. The van der Waals surface area contributed by atoms with Gasteiger partial charge in [0, 0.05) is 17.9 Å². The van der Waals surface area contributed by atoms with E-state index >= 15 is 0 Å². The molecule has 0 radical (unpaired) electrons. The molecule has 0 saturated heterocycles. The van der Waals surface area contributed by atoms with Crippen LogP contribution in [0, 0.1) is 0 Å². The van der Waals surface area contributed by atoms with Crippen LogP contribution in [-0.4, -0.2) is 15.9 Å². The molecular weight excluding hydrogens is 350 g/mol. The van der Waals surface area contributed by atoms with Gasteiger partial charge in [-0.05, 0) is 42.2 Å². The van der Waals surface area contributed by atoms with Gasteiger partial charge in [-0.15, -0.1) is 0 Å². The Morgan fingerprint density at radius 3 is 2.96 bits per heavy atom. The molecular formula is C20H18ClN3O2. The first-order chi connectivity index (χ1) is 12.6. The summed E-state index contributed by atoms with van der Waals surface area (Å²) in [4.78, 5) is 31.6. The standard InChI is InChI=1S/C20H18ClN3O2/c21-15-6-3-5-13-12(15)8-9-17(13)23-19(25)11-10-18-22-16-7-2-1-4-14(16)20(26)24-18/h1-7,17H,8-11H2,(H,23,25)(H,22,24,26). The second-order valence-corrected chi connectivity index (χ2v) is 6.90. The number of aromatic nitrogens is 2. The maximum atomic E-state index is 12.4. The number of halogens is 1. The number of amides is 1. The first kappa shape index (κ1) is 16.8. The molecule has 4 rings (SSSR count). The zero-order chi connectivity index (χ0) is 18.1. The second-order valence-electron chi connectivity index (χ2n) is 6.50. The van der Waals surface area contributed by atoms with Crippen molar-refractivity contribution in [3.8, 4) is 0 Å². The Morgan fingerprint density at radius 1 is 1.23 bits per heavy atom. The third-order valence-electron chi connectivity index (χ3n) is 4.80. The Morgan fingerprint density at radius 2 is 2.08 bits per heavy atom. The van der Waals surface area contributed by atoms with E-state index in [0.29, 0.717) is 23.1 Å². The number of para-hydroxylation sites is 1. The maximum absolute atomic E-state index is 12.4. The second kappa shape index (κ2) is 6.92. The normalized spacial score (nSPS) is 15.8. The van der Waals surface area contributed by atoms with Gasteiger partial charge in [0.2, 0.25) is 5.91 Å². The van der Waals surface area contributed by atoms with Crippen molar-refractivity contribution in [2.24, 2.45) is 0 Å². The highest BCUT2D eigenvalue weighted by molar-refractivity contribution is 6.31. The molecule has 1 aromatic heterocycles. The van der Waals surface area contributed by atoms with Gasteiger partial charge >= 0.3 is 0 Å². The summed E-state index contributed by atoms with van der Waals surface area (Å²) in [6.07, 6.45) is 2.39. The maximum Gasteiger partial charge on any atom is 0.258 e. The topological polar surface area (TPSA) is 74.8 Å². The lowest BCUT2D eigenvalue weighted by Crippen LogP contribution is -2.27. The average Bonchev–Trinajstić information content (AvgIpc) is 3.04. The summed E-state index contributed by atoms with van der Waals surface area (Å²) in [6.45, 7) is 0. The van der Waals surface area contributed by atoms with Crippen LogP contribution in [0.1, 0.15) is 35.8 Å². The van der Waals surface area contributed by atoms with Crippen molar-refractivity contribution in [1.29, 1.82) is 0 Å². The summed E-state index contributed by atoms with van der Waals surface area (Å²) >= 11 is 6.22. The first-order valence-electron chi connectivity index (χ1n) is 8.66. The molecule has 132 valence electrons. The molecule has 1 unspecified atom stereocenters. The number of aromatic amines is 1. The zero-order valence-corrected chi connectivity index (χ0v) is 14.8. The molecule has 1 aliphatic rings. The number of carbonyl (C=O) groups is 1. The van der Waals surface area contributed by atoms with Crippen molar-refractivity contribution in [2.75, 3.05) is 0 Å². The highest BCUT2D eigenvalue weighted by Gasteiger charge is 2.25. The minimum atomic E-state index is -0.176. The average molecular weight is 368 g/mol. The van der Waals surface area contributed by atoms with Crippen LogP contribution in [-0.2, 0) is 17.6 Å². The van der Waals surface area contributed by atoms with E-state index in [1.54, 1.807) is 18.2 Å². The van der Waals surface area contributed by atoms with E-state index in [9.17, 15) is 9.59 Å². The van der Waals surface area contributed by atoms with Crippen LogP contribution in [0.25, 0.3) is 10.9 Å². The van der Waals surface area contributed by atoms with Gasteiger partial charge in [-0.1, -0.05) is 35.9 Å². The van der Waals surface area contributed by atoms with E-state index in [2.05, 4.69) is 15.3 Å². The van der Waals surface area contributed by atoms with Crippen LogP contribution in [0.5, 0.6) is 0 Å². The third kappa shape index (κ3) is 3.22. The largest absolute Gasteiger partial charge is 0.349 e. The number of H-pyrrole nitrogens is 1.